The fourth-order valence-electron chi connectivity index (χ4n) is 5.05. The molecule has 8 nitrogen and oxygen atoms in total. The molecule has 0 aliphatic carbocycles. The highest BCUT2D eigenvalue weighted by atomic mass is 32.2. The van der Waals surface area contributed by atoms with Crippen LogP contribution in [0.2, 0.25) is 0 Å². The summed E-state index contributed by atoms with van der Waals surface area (Å²) in [6.45, 7) is 5.82. The van der Waals surface area contributed by atoms with E-state index in [-0.39, 0.29) is 17.3 Å². The van der Waals surface area contributed by atoms with Gasteiger partial charge in [-0.25, -0.2) is 8.42 Å². The Morgan fingerprint density at radius 1 is 1.05 bits per heavy atom. The van der Waals surface area contributed by atoms with Gasteiger partial charge < -0.3 is 14.8 Å². The lowest BCUT2D eigenvalue weighted by Crippen LogP contribution is -2.58. The Morgan fingerprint density at radius 2 is 1.79 bits per heavy atom. The summed E-state index contributed by atoms with van der Waals surface area (Å²) >= 11 is 1.46. The minimum Gasteiger partial charge on any atom is -0.480 e. The van der Waals surface area contributed by atoms with Crippen molar-refractivity contribution in [3.05, 3.63) is 36.4 Å². The molecule has 0 spiro atoms. The average molecular weight is 561 g/mol. The van der Waals surface area contributed by atoms with Gasteiger partial charge in [0, 0.05) is 46.0 Å². The number of carboxylic acid groups (broad SMARTS) is 1. The van der Waals surface area contributed by atoms with Gasteiger partial charge in [0.2, 0.25) is 15.9 Å². The minimum absolute atomic E-state index is 0.0259. The van der Waals surface area contributed by atoms with E-state index in [1.54, 1.807) is 44.2 Å². The number of benzene rings is 2. The van der Waals surface area contributed by atoms with Gasteiger partial charge in [-0.1, -0.05) is 39.0 Å². The molecule has 2 aromatic carbocycles. The molecular weight excluding hydrogens is 524 g/mol. The van der Waals surface area contributed by atoms with E-state index >= 15 is 0 Å². The molecule has 4 rings (SSSR count). The monoisotopic (exact) mass is 560 g/mol. The predicted molar refractivity (Wildman–Crippen MR) is 152 cm³/mol. The number of aliphatic carboxylic acids is 1. The van der Waals surface area contributed by atoms with E-state index in [4.69, 9.17) is 4.42 Å². The molecule has 2 heterocycles. The summed E-state index contributed by atoms with van der Waals surface area (Å²) in [6.07, 6.45) is 7.15. The van der Waals surface area contributed by atoms with Crippen LogP contribution in [-0.4, -0.2) is 52.8 Å². The van der Waals surface area contributed by atoms with Crippen LogP contribution >= 0.6 is 11.8 Å². The minimum atomic E-state index is -4.07. The lowest BCUT2D eigenvalue weighted by atomic mass is 10.0. The summed E-state index contributed by atoms with van der Waals surface area (Å²) in [4.78, 5) is 24.5. The SMILES string of the molecule is CCCCCCCCC(=O)Nc1ccc2c(c1)oc1ccc(S(=O)(=O)N3CCSC(C)(C)C3C(=O)O)cc12. The fraction of sp³-hybridized carbons (Fsp3) is 0.500. The molecule has 2 N–H and O–H groups in total. The summed E-state index contributed by atoms with van der Waals surface area (Å²) in [6, 6.07) is 8.75. The molecule has 1 unspecified atom stereocenters. The van der Waals surface area contributed by atoms with Crippen LogP contribution in [0.25, 0.3) is 21.9 Å². The van der Waals surface area contributed by atoms with Crippen LogP contribution in [0.3, 0.4) is 0 Å². The van der Waals surface area contributed by atoms with Crippen molar-refractivity contribution in [1.29, 1.82) is 0 Å². The maximum Gasteiger partial charge on any atom is 0.323 e. The second-order valence-electron chi connectivity index (χ2n) is 10.3. The second kappa shape index (κ2) is 11.7. The van der Waals surface area contributed by atoms with Crippen molar-refractivity contribution in [2.75, 3.05) is 17.6 Å². The van der Waals surface area contributed by atoms with Crippen molar-refractivity contribution in [2.24, 2.45) is 0 Å². The molecule has 10 heteroatoms. The van der Waals surface area contributed by atoms with Crippen LogP contribution in [0.15, 0.2) is 45.7 Å². The maximum absolute atomic E-state index is 13.6. The third-order valence-corrected chi connectivity index (χ3v) is 10.3. The van der Waals surface area contributed by atoms with E-state index in [9.17, 15) is 23.1 Å². The number of carbonyl (C=O) groups is 2. The highest BCUT2D eigenvalue weighted by Crippen LogP contribution is 2.39. The van der Waals surface area contributed by atoms with E-state index in [0.717, 1.165) is 29.0 Å². The number of thioether (sulfide) groups is 1. The largest absolute Gasteiger partial charge is 0.480 e. The molecule has 1 fully saturated rings. The van der Waals surface area contributed by atoms with E-state index in [1.807, 2.05) is 0 Å². The summed E-state index contributed by atoms with van der Waals surface area (Å²) in [5.74, 6) is -0.688. The highest BCUT2D eigenvalue weighted by Gasteiger charge is 2.48. The molecule has 0 bridgehead atoms. The van der Waals surface area contributed by atoms with E-state index in [1.165, 1.54) is 37.1 Å². The number of fused-ring (bicyclic) bond motifs is 3. The van der Waals surface area contributed by atoms with Crippen molar-refractivity contribution in [3.63, 3.8) is 0 Å². The zero-order valence-corrected chi connectivity index (χ0v) is 23.8. The third kappa shape index (κ3) is 6.02. The molecule has 1 saturated heterocycles. The molecule has 1 atom stereocenters. The van der Waals surface area contributed by atoms with Crippen LogP contribution in [0.1, 0.15) is 65.7 Å². The summed E-state index contributed by atoms with van der Waals surface area (Å²) < 4.78 is 33.5. The number of amides is 1. The number of carbonyl (C=O) groups excluding carboxylic acids is 1. The first-order valence-electron chi connectivity index (χ1n) is 13.2. The molecule has 3 aromatic rings. The molecule has 206 valence electrons. The number of rotatable bonds is 11. The topological polar surface area (TPSA) is 117 Å². The molecular formula is C28H36N2O6S2. The Balaban J connectivity index is 1.54. The highest BCUT2D eigenvalue weighted by molar-refractivity contribution is 8.00. The van der Waals surface area contributed by atoms with Gasteiger partial charge in [-0.05, 0) is 50.6 Å². The number of nitrogens with zero attached hydrogens (tertiary/aromatic N) is 1. The number of sulfonamides is 1. The van der Waals surface area contributed by atoms with Crippen LogP contribution in [0.4, 0.5) is 5.69 Å². The van der Waals surface area contributed by atoms with Crippen molar-refractivity contribution >= 4 is 61.3 Å². The van der Waals surface area contributed by atoms with E-state index in [2.05, 4.69) is 12.2 Å². The standard InChI is InChI=1S/C28H36N2O6S2/c1-4-5-6-7-8-9-10-25(31)29-19-11-13-21-22-18-20(12-14-23(22)36-24(21)17-19)38(34,35)30-15-16-37-28(2,3)26(30)27(32)33/h11-14,17-18,26H,4-10,15-16H2,1-3H3,(H,29,31)(H,32,33). The number of anilines is 1. The van der Waals surface area contributed by atoms with Gasteiger partial charge in [-0.3, -0.25) is 9.59 Å². The van der Waals surface area contributed by atoms with E-state index in [0.29, 0.717) is 34.4 Å². The van der Waals surface area contributed by atoms with Gasteiger partial charge in [-0.2, -0.15) is 16.1 Å². The van der Waals surface area contributed by atoms with Gasteiger partial charge in [0.05, 0.1) is 4.90 Å². The first kappa shape index (κ1) is 28.4. The van der Waals surface area contributed by atoms with Crippen molar-refractivity contribution in [1.82, 2.24) is 4.31 Å². The number of hydrogen-bond donors (Lipinski definition) is 2. The molecule has 1 aromatic heterocycles. The predicted octanol–water partition coefficient (Wildman–Crippen LogP) is 6.24. The molecule has 1 amide bonds. The van der Waals surface area contributed by atoms with Crippen LogP contribution in [0, 0.1) is 0 Å². The third-order valence-electron chi connectivity index (χ3n) is 7.06. The normalized spacial score (nSPS) is 18.1. The first-order chi connectivity index (χ1) is 18.0. The Labute approximate surface area is 228 Å². The summed E-state index contributed by atoms with van der Waals surface area (Å²) in [5.41, 5.74) is 1.67. The first-order valence-corrected chi connectivity index (χ1v) is 15.6. The van der Waals surface area contributed by atoms with Crippen molar-refractivity contribution in [3.8, 4) is 0 Å². The van der Waals surface area contributed by atoms with Gasteiger partial charge >= 0.3 is 5.97 Å². The van der Waals surface area contributed by atoms with E-state index < -0.39 is 26.8 Å². The van der Waals surface area contributed by atoms with Gasteiger partial charge in [0.15, 0.2) is 0 Å². The number of furan rings is 1. The molecule has 38 heavy (non-hydrogen) atoms. The maximum atomic E-state index is 13.6. The Kier molecular flexibility index (Phi) is 8.74. The summed E-state index contributed by atoms with van der Waals surface area (Å²) in [5, 5.41) is 14.1. The second-order valence-corrected chi connectivity index (χ2v) is 14.0. The van der Waals surface area contributed by atoms with Crippen LogP contribution in [0.5, 0.6) is 0 Å². The number of carboxylic acids is 1. The fourth-order valence-corrected chi connectivity index (χ4v) is 8.18. The van der Waals surface area contributed by atoms with Gasteiger partial charge in [0.25, 0.3) is 0 Å². The van der Waals surface area contributed by atoms with Crippen LogP contribution < -0.4 is 5.32 Å². The number of hydrogen-bond acceptors (Lipinski definition) is 6. The zero-order valence-electron chi connectivity index (χ0n) is 22.2. The smallest absolute Gasteiger partial charge is 0.323 e. The molecule has 0 saturated carbocycles. The lowest BCUT2D eigenvalue weighted by molar-refractivity contribution is -0.142. The molecule has 0 radical (unpaired) electrons. The lowest BCUT2D eigenvalue weighted by Gasteiger charge is -2.42. The Bertz CT molecular complexity index is 1430. The molecule has 1 aliphatic heterocycles. The average Bonchev–Trinajstić information content (AvgIpc) is 3.22. The number of unbranched alkanes of at least 4 members (excludes halogenated alkanes) is 5. The van der Waals surface area contributed by atoms with Crippen molar-refractivity contribution in [2.45, 2.75) is 81.4 Å². The summed E-state index contributed by atoms with van der Waals surface area (Å²) in [7, 11) is -4.07. The quantitative estimate of drug-likeness (QED) is 0.266. The van der Waals surface area contributed by atoms with Gasteiger partial charge in [0.1, 0.15) is 17.2 Å². The van der Waals surface area contributed by atoms with Gasteiger partial charge in [-0.15, -0.1) is 0 Å². The van der Waals surface area contributed by atoms with Crippen LogP contribution in [-0.2, 0) is 19.6 Å². The zero-order chi connectivity index (χ0) is 27.5. The van der Waals surface area contributed by atoms with Crippen molar-refractivity contribution < 1.29 is 27.5 Å². The Hall–Kier alpha value is -2.56. The number of nitrogens with one attached hydrogen (secondary N) is 1. The Morgan fingerprint density at radius 3 is 2.53 bits per heavy atom. The molecule has 1 aliphatic rings.